The van der Waals surface area contributed by atoms with Crippen molar-refractivity contribution in [3.05, 3.63) is 41.0 Å². The maximum Gasteiger partial charge on any atom is 0.263 e. The van der Waals surface area contributed by atoms with Crippen LogP contribution in [0.4, 0.5) is 5.69 Å². The van der Waals surface area contributed by atoms with Crippen LogP contribution in [0.2, 0.25) is 5.02 Å². The van der Waals surface area contributed by atoms with Gasteiger partial charge in [-0.1, -0.05) is 37.1 Å². The first-order chi connectivity index (χ1) is 14.8. The Hall–Kier alpha value is -2.10. The smallest absolute Gasteiger partial charge is 0.263 e. The number of aryl methyl sites for hydroxylation is 1. The average Bonchev–Trinajstić information content (AvgIpc) is 3.17. The number of hydrogen-bond acceptors (Lipinski definition) is 5. The zero-order valence-electron chi connectivity index (χ0n) is 18.3. The molecule has 1 fully saturated rings. The minimum atomic E-state index is -3.90. The van der Waals surface area contributed by atoms with Crippen LogP contribution in [-0.2, 0) is 17.1 Å². The highest BCUT2D eigenvalue weighted by atomic mass is 35.5. The number of para-hydroxylation sites is 1. The van der Waals surface area contributed by atoms with E-state index in [1.165, 1.54) is 15.2 Å². The number of rotatable bonds is 8. The normalized spacial score (nSPS) is 15.3. The fraction of sp³-hybridized carbons (Fsp3) is 0.524. The minimum Gasteiger partial charge on any atom is -0.368 e. The fourth-order valence-corrected chi connectivity index (χ4v) is 5.52. The third kappa shape index (κ3) is 5.05. The molecule has 0 bridgehead atoms. The predicted molar refractivity (Wildman–Crippen MR) is 122 cm³/mol. The molecule has 1 aliphatic rings. The van der Waals surface area contributed by atoms with E-state index in [4.69, 9.17) is 11.6 Å². The van der Waals surface area contributed by atoms with Crippen LogP contribution in [0.15, 0.2) is 35.5 Å². The Kier molecular flexibility index (Phi) is 7.61. The van der Waals surface area contributed by atoms with E-state index in [2.05, 4.69) is 16.9 Å². The standard InChI is InChI=1S/C21H30ClN5O3S/c1-4-6-11-25(5-2)21(28)17-16-24(3)23-20(17)31(29,30)27-14-12-26(13-15-27)19-10-8-7-9-18(19)22/h7-10,16H,4-6,11-15H2,1-3H3. The van der Waals surface area contributed by atoms with Crippen LogP contribution in [-0.4, -0.2) is 72.6 Å². The van der Waals surface area contributed by atoms with Gasteiger partial charge in [0, 0.05) is 52.5 Å². The molecule has 0 N–H and O–H groups in total. The SMILES string of the molecule is CCCCN(CC)C(=O)c1cn(C)nc1S(=O)(=O)N1CCN(c2ccccc2Cl)CC1. The highest BCUT2D eigenvalue weighted by molar-refractivity contribution is 7.89. The Morgan fingerprint density at radius 1 is 1.16 bits per heavy atom. The van der Waals surface area contributed by atoms with Crippen molar-refractivity contribution in [2.24, 2.45) is 7.05 Å². The summed E-state index contributed by atoms with van der Waals surface area (Å²) >= 11 is 6.29. The largest absolute Gasteiger partial charge is 0.368 e. The third-order valence-electron chi connectivity index (χ3n) is 5.49. The summed E-state index contributed by atoms with van der Waals surface area (Å²) in [5.41, 5.74) is 1.03. The van der Waals surface area contributed by atoms with Crippen molar-refractivity contribution in [1.82, 2.24) is 19.0 Å². The number of piperazine rings is 1. The van der Waals surface area contributed by atoms with E-state index in [-0.39, 0.29) is 16.5 Å². The van der Waals surface area contributed by atoms with Crippen molar-refractivity contribution in [1.29, 1.82) is 0 Å². The van der Waals surface area contributed by atoms with Crippen LogP contribution >= 0.6 is 11.6 Å². The fourth-order valence-electron chi connectivity index (χ4n) is 3.73. The van der Waals surface area contributed by atoms with Gasteiger partial charge in [0.2, 0.25) is 5.03 Å². The van der Waals surface area contributed by atoms with Crippen LogP contribution in [0.1, 0.15) is 37.0 Å². The molecule has 1 saturated heterocycles. The van der Waals surface area contributed by atoms with E-state index in [0.29, 0.717) is 44.3 Å². The number of hydrogen-bond donors (Lipinski definition) is 0. The van der Waals surface area contributed by atoms with Gasteiger partial charge in [-0.2, -0.15) is 9.40 Å². The first-order valence-electron chi connectivity index (χ1n) is 10.6. The molecular weight excluding hydrogens is 438 g/mol. The molecule has 0 saturated carbocycles. The molecule has 8 nitrogen and oxygen atoms in total. The molecule has 0 radical (unpaired) electrons. The quantitative estimate of drug-likeness (QED) is 0.596. The molecule has 31 heavy (non-hydrogen) atoms. The second-order valence-electron chi connectivity index (χ2n) is 7.60. The molecule has 1 aliphatic heterocycles. The molecule has 0 atom stereocenters. The van der Waals surface area contributed by atoms with Crippen molar-refractivity contribution in [3.8, 4) is 0 Å². The maximum atomic E-state index is 13.4. The zero-order valence-corrected chi connectivity index (χ0v) is 19.9. The molecule has 0 aliphatic carbocycles. The van der Waals surface area contributed by atoms with Crippen molar-refractivity contribution in [2.45, 2.75) is 31.7 Å². The van der Waals surface area contributed by atoms with Gasteiger partial charge in [0.1, 0.15) is 0 Å². The summed E-state index contributed by atoms with van der Waals surface area (Å²) in [6.45, 7) is 6.68. The van der Waals surface area contributed by atoms with Gasteiger partial charge in [-0.25, -0.2) is 8.42 Å². The second-order valence-corrected chi connectivity index (χ2v) is 9.86. The van der Waals surface area contributed by atoms with Crippen LogP contribution < -0.4 is 4.90 Å². The Labute approximate surface area is 189 Å². The molecule has 0 spiro atoms. The van der Waals surface area contributed by atoms with E-state index < -0.39 is 10.0 Å². The number of nitrogens with zero attached hydrogens (tertiary/aromatic N) is 5. The lowest BCUT2D eigenvalue weighted by Gasteiger charge is -2.35. The molecule has 2 aromatic rings. The summed E-state index contributed by atoms with van der Waals surface area (Å²) < 4.78 is 29.6. The molecule has 0 unspecified atom stereocenters. The number of anilines is 1. The number of amides is 1. The van der Waals surface area contributed by atoms with Crippen LogP contribution in [0, 0.1) is 0 Å². The van der Waals surface area contributed by atoms with Gasteiger partial charge in [-0.15, -0.1) is 0 Å². The van der Waals surface area contributed by atoms with Crippen LogP contribution in [0.5, 0.6) is 0 Å². The summed E-state index contributed by atoms with van der Waals surface area (Å²) in [5, 5.41) is 4.65. The number of aromatic nitrogens is 2. The molecule has 1 aromatic carbocycles. The van der Waals surface area contributed by atoms with Gasteiger partial charge in [-0.05, 0) is 25.5 Å². The van der Waals surface area contributed by atoms with E-state index in [9.17, 15) is 13.2 Å². The van der Waals surface area contributed by atoms with E-state index in [1.54, 1.807) is 11.9 Å². The maximum absolute atomic E-state index is 13.4. The van der Waals surface area contributed by atoms with Gasteiger partial charge < -0.3 is 9.80 Å². The lowest BCUT2D eigenvalue weighted by Crippen LogP contribution is -2.49. The van der Waals surface area contributed by atoms with Crippen LogP contribution in [0.3, 0.4) is 0 Å². The number of benzene rings is 1. The van der Waals surface area contributed by atoms with E-state index in [0.717, 1.165) is 18.5 Å². The number of unbranched alkanes of at least 4 members (excludes halogenated alkanes) is 1. The lowest BCUT2D eigenvalue weighted by atomic mass is 10.2. The van der Waals surface area contributed by atoms with E-state index >= 15 is 0 Å². The second kappa shape index (κ2) is 10.0. The first kappa shape index (κ1) is 23.6. The molecule has 170 valence electrons. The highest BCUT2D eigenvalue weighted by Crippen LogP contribution is 2.28. The van der Waals surface area contributed by atoms with Crippen molar-refractivity contribution < 1.29 is 13.2 Å². The van der Waals surface area contributed by atoms with Gasteiger partial charge in [0.25, 0.3) is 15.9 Å². The number of carbonyl (C=O) groups excluding carboxylic acids is 1. The van der Waals surface area contributed by atoms with Crippen molar-refractivity contribution in [3.63, 3.8) is 0 Å². The summed E-state index contributed by atoms with van der Waals surface area (Å²) in [6, 6.07) is 7.53. The molecule has 1 amide bonds. The highest BCUT2D eigenvalue weighted by Gasteiger charge is 2.35. The monoisotopic (exact) mass is 467 g/mol. The summed E-state index contributed by atoms with van der Waals surface area (Å²) in [4.78, 5) is 16.8. The Balaban J connectivity index is 1.80. The number of carbonyl (C=O) groups is 1. The van der Waals surface area contributed by atoms with Gasteiger partial charge in [-0.3, -0.25) is 9.48 Å². The summed E-state index contributed by atoms with van der Waals surface area (Å²) in [6.07, 6.45) is 3.33. The zero-order chi connectivity index (χ0) is 22.6. The number of halogens is 1. The Morgan fingerprint density at radius 2 is 1.84 bits per heavy atom. The van der Waals surface area contributed by atoms with Gasteiger partial charge >= 0.3 is 0 Å². The summed E-state index contributed by atoms with van der Waals surface area (Å²) in [5.74, 6) is -0.294. The van der Waals surface area contributed by atoms with Crippen molar-refractivity contribution in [2.75, 3.05) is 44.2 Å². The average molecular weight is 468 g/mol. The predicted octanol–water partition coefficient (Wildman–Crippen LogP) is 2.85. The number of sulfonamides is 1. The summed E-state index contributed by atoms with van der Waals surface area (Å²) in [7, 11) is -2.27. The molecular formula is C21H30ClN5O3S. The molecule has 1 aromatic heterocycles. The molecule has 2 heterocycles. The Bertz CT molecular complexity index is 1020. The van der Waals surface area contributed by atoms with Gasteiger partial charge in [0.15, 0.2) is 0 Å². The van der Waals surface area contributed by atoms with Crippen molar-refractivity contribution >= 4 is 33.2 Å². The van der Waals surface area contributed by atoms with E-state index in [1.807, 2.05) is 31.2 Å². The van der Waals surface area contributed by atoms with Crippen LogP contribution in [0.25, 0.3) is 0 Å². The lowest BCUT2D eigenvalue weighted by molar-refractivity contribution is 0.0758. The first-order valence-corrected chi connectivity index (χ1v) is 12.4. The topological polar surface area (TPSA) is 78.8 Å². The molecule has 3 rings (SSSR count). The minimum absolute atomic E-state index is 0.133. The third-order valence-corrected chi connectivity index (χ3v) is 7.65. The molecule has 10 heteroatoms. The van der Waals surface area contributed by atoms with Gasteiger partial charge in [0.05, 0.1) is 16.3 Å². The Morgan fingerprint density at radius 3 is 2.45 bits per heavy atom.